The van der Waals surface area contributed by atoms with Crippen molar-refractivity contribution in [1.82, 2.24) is 0 Å². The van der Waals surface area contributed by atoms with Crippen LogP contribution < -0.4 is 4.74 Å². The standard InChI is InChI=1S/C14H9ClFNO/c15-12-1-3-14(4-2-12)18-9-11-5-10(8-17)6-13(16)7-11/h1-7H,9H2. The zero-order valence-electron chi connectivity index (χ0n) is 9.36. The molecule has 4 heteroatoms. The lowest BCUT2D eigenvalue weighted by Crippen LogP contribution is -1.96. The lowest BCUT2D eigenvalue weighted by Gasteiger charge is -2.06. The Morgan fingerprint density at radius 1 is 1.17 bits per heavy atom. The first-order valence-electron chi connectivity index (χ1n) is 5.25. The molecule has 0 fully saturated rings. The van der Waals surface area contributed by atoms with Gasteiger partial charge in [-0.25, -0.2) is 4.39 Å². The van der Waals surface area contributed by atoms with Crippen molar-refractivity contribution in [3.8, 4) is 11.8 Å². The molecular formula is C14H9ClFNO. The van der Waals surface area contributed by atoms with E-state index in [9.17, 15) is 4.39 Å². The van der Waals surface area contributed by atoms with Crippen LogP contribution in [-0.4, -0.2) is 0 Å². The van der Waals surface area contributed by atoms with Crippen LogP contribution >= 0.6 is 11.6 Å². The highest BCUT2D eigenvalue weighted by molar-refractivity contribution is 6.30. The third-order valence-electron chi connectivity index (χ3n) is 2.31. The van der Waals surface area contributed by atoms with Gasteiger partial charge in [0, 0.05) is 5.02 Å². The second-order valence-electron chi connectivity index (χ2n) is 3.70. The molecule has 0 aromatic heterocycles. The molecule has 2 rings (SSSR count). The third-order valence-corrected chi connectivity index (χ3v) is 2.56. The molecule has 0 saturated carbocycles. The molecule has 0 heterocycles. The molecular weight excluding hydrogens is 253 g/mol. The van der Waals surface area contributed by atoms with Crippen LogP contribution in [0.4, 0.5) is 4.39 Å². The van der Waals surface area contributed by atoms with E-state index in [2.05, 4.69) is 0 Å². The molecule has 2 aromatic rings. The van der Waals surface area contributed by atoms with Crippen molar-refractivity contribution in [2.75, 3.05) is 0 Å². The Hall–Kier alpha value is -2.05. The van der Waals surface area contributed by atoms with Gasteiger partial charge >= 0.3 is 0 Å². The number of rotatable bonds is 3. The largest absolute Gasteiger partial charge is 0.489 e. The minimum Gasteiger partial charge on any atom is -0.489 e. The van der Waals surface area contributed by atoms with E-state index in [1.807, 2.05) is 6.07 Å². The summed E-state index contributed by atoms with van der Waals surface area (Å²) in [5.74, 6) is 0.200. The number of nitriles is 1. The van der Waals surface area contributed by atoms with Crippen molar-refractivity contribution in [3.05, 3.63) is 64.4 Å². The Balaban J connectivity index is 2.08. The summed E-state index contributed by atoms with van der Waals surface area (Å²) in [5.41, 5.74) is 0.895. The van der Waals surface area contributed by atoms with Gasteiger partial charge in [-0.2, -0.15) is 5.26 Å². The predicted octanol–water partition coefficient (Wildman–Crippen LogP) is 3.93. The first-order chi connectivity index (χ1) is 8.67. The van der Waals surface area contributed by atoms with E-state index in [-0.39, 0.29) is 12.2 Å². The third kappa shape index (κ3) is 3.22. The summed E-state index contributed by atoms with van der Waals surface area (Å²) in [6, 6.07) is 12.9. The summed E-state index contributed by atoms with van der Waals surface area (Å²) >= 11 is 5.75. The van der Waals surface area contributed by atoms with E-state index < -0.39 is 5.82 Å². The lowest BCUT2D eigenvalue weighted by molar-refractivity contribution is 0.305. The molecule has 0 aliphatic heterocycles. The van der Waals surface area contributed by atoms with Crippen molar-refractivity contribution >= 4 is 11.6 Å². The predicted molar refractivity (Wildman–Crippen MR) is 66.9 cm³/mol. The van der Waals surface area contributed by atoms with Crippen LogP contribution in [0.5, 0.6) is 5.75 Å². The minimum absolute atomic E-state index is 0.202. The van der Waals surface area contributed by atoms with Crippen LogP contribution in [0.1, 0.15) is 11.1 Å². The number of benzene rings is 2. The average molecular weight is 262 g/mol. The minimum atomic E-state index is -0.441. The van der Waals surface area contributed by atoms with E-state index in [4.69, 9.17) is 21.6 Å². The van der Waals surface area contributed by atoms with Crippen molar-refractivity contribution in [1.29, 1.82) is 5.26 Å². The molecule has 0 bridgehead atoms. The number of hydrogen-bond donors (Lipinski definition) is 0. The number of halogens is 2. The molecule has 2 nitrogen and oxygen atoms in total. The van der Waals surface area contributed by atoms with Crippen molar-refractivity contribution in [2.45, 2.75) is 6.61 Å². The van der Waals surface area contributed by atoms with Crippen LogP contribution in [0, 0.1) is 17.1 Å². The zero-order valence-corrected chi connectivity index (χ0v) is 10.1. The highest BCUT2D eigenvalue weighted by Gasteiger charge is 2.02. The fraction of sp³-hybridized carbons (Fsp3) is 0.0714. The highest BCUT2D eigenvalue weighted by atomic mass is 35.5. The van der Waals surface area contributed by atoms with Crippen molar-refractivity contribution in [2.24, 2.45) is 0 Å². The molecule has 90 valence electrons. The van der Waals surface area contributed by atoms with Gasteiger partial charge in [-0.1, -0.05) is 11.6 Å². The average Bonchev–Trinajstić information content (AvgIpc) is 2.37. The summed E-state index contributed by atoms with van der Waals surface area (Å²) in [6.07, 6.45) is 0. The zero-order chi connectivity index (χ0) is 13.0. The molecule has 0 amide bonds. The van der Waals surface area contributed by atoms with Gasteiger partial charge in [0.2, 0.25) is 0 Å². The normalized spacial score (nSPS) is 9.83. The molecule has 0 N–H and O–H groups in total. The van der Waals surface area contributed by atoms with Gasteiger partial charge in [0.25, 0.3) is 0 Å². The molecule has 0 aliphatic carbocycles. The van der Waals surface area contributed by atoms with E-state index in [1.54, 1.807) is 30.3 Å². The molecule has 2 aromatic carbocycles. The fourth-order valence-electron chi connectivity index (χ4n) is 1.50. The van der Waals surface area contributed by atoms with Gasteiger partial charge in [0.05, 0.1) is 11.6 Å². The first kappa shape index (κ1) is 12.4. The van der Waals surface area contributed by atoms with E-state index >= 15 is 0 Å². The van der Waals surface area contributed by atoms with Gasteiger partial charge in [-0.05, 0) is 48.0 Å². The quantitative estimate of drug-likeness (QED) is 0.839. The molecule has 0 saturated heterocycles. The number of nitrogens with zero attached hydrogens (tertiary/aromatic N) is 1. The van der Waals surface area contributed by atoms with Gasteiger partial charge in [0.15, 0.2) is 0 Å². The summed E-state index contributed by atoms with van der Waals surface area (Å²) in [4.78, 5) is 0. The van der Waals surface area contributed by atoms with Gasteiger partial charge < -0.3 is 4.74 Å². The second kappa shape index (κ2) is 5.52. The maximum Gasteiger partial charge on any atom is 0.124 e. The topological polar surface area (TPSA) is 33.0 Å². The van der Waals surface area contributed by atoms with Gasteiger partial charge in [0.1, 0.15) is 18.2 Å². The van der Waals surface area contributed by atoms with Crippen LogP contribution in [0.15, 0.2) is 42.5 Å². The van der Waals surface area contributed by atoms with E-state index in [0.717, 1.165) is 0 Å². The summed E-state index contributed by atoms with van der Waals surface area (Å²) in [6.45, 7) is 0.202. The van der Waals surface area contributed by atoms with E-state index in [1.165, 1.54) is 12.1 Å². The smallest absolute Gasteiger partial charge is 0.124 e. The van der Waals surface area contributed by atoms with E-state index in [0.29, 0.717) is 16.3 Å². The maximum absolute atomic E-state index is 13.2. The Morgan fingerprint density at radius 2 is 1.89 bits per heavy atom. The van der Waals surface area contributed by atoms with Crippen molar-refractivity contribution < 1.29 is 9.13 Å². The number of hydrogen-bond acceptors (Lipinski definition) is 2. The summed E-state index contributed by atoms with van der Waals surface area (Å²) < 4.78 is 18.6. The monoisotopic (exact) mass is 261 g/mol. The van der Waals surface area contributed by atoms with Crippen LogP contribution in [0.2, 0.25) is 5.02 Å². The first-order valence-corrected chi connectivity index (χ1v) is 5.63. The van der Waals surface area contributed by atoms with Gasteiger partial charge in [-0.15, -0.1) is 0 Å². The lowest BCUT2D eigenvalue weighted by atomic mass is 10.1. The molecule has 0 atom stereocenters. The Bertz CT molecular complexity index is 590. The summed E-state index contributed by atoms with van der Waals surface area (Å²) in [5, 5.41) is 9.36. The molecule has 0 unspecified atom stereocenters. The highest BCUT2D eigenvalue weighted by Crippen LogP contribution is 2.17. The number of ether oxygens (including phenoxy) is 1. The van der Waals surface area contributed by atoms with Crippen LogP contribution in [-0.2, 0) is 6.61 Å². The van der Waals surface area contributed by atoms with Crippen LogP contribution in [0.3, 0.4) is 0 Å². The van der Waals surface area contributed by atoms with Crippen LogP contribution in [0.25, 0.3) is 0 Å². The Morgan fingerprint density at radius 3 is 2.56 bits per heavy atom. The SMILES string of the molecule is N#Cc1cc(F)cc(COc2ccc(Cl)cc2)c1. The Kier molecular flexibility index (Phi) is 3.81. The maximum atomic E-state index is 13.2. The second-order valence-corrected chi connectivity index (χ2v) is 4.14. The van der Waals surface area contributed by atoms with Crippen molar-refractivity contribution in [3.63, 3.8) is 0 Å². The van der Waals surface area contributed by atoms with Gasteiger partial charge in [-0.3, -0.25) is 0 Å². The molecule has 0 radical (unpaired) electrons. The summed E-state index contributed by atoms with van der Waals surface area (Å²) in [7, 11) is 0. The Labute approximate surface area is 109 Å². The fourth-order valence-corrected chi connectivity index (χ4v) is 1.62. The molecule has 0 spiro atoms. The molecule has 18 heavy (non-hydrogen) atoms. The molecule has 0 aliphatic rings.